The number of pyridine rings is 1. The summed E-state index contributed by atoms with van der Waals surface area (Å²) in [7, 11) is 3.26. The first-order valence-electron chi connectivity index (χ1n) is 10.7. The van der Waals surface area contributed by atoms with Crippen LogP contribution in [0.2, 0.25) is 0 Å². The number of hydrogen-bond donors (Lipinski definition) is 1. The lowest BCUT2D eigenvalue weighted by Gasteiger charge is -2.27. The first-order valence-corrected chi connectivity index (χ1v) is 11.9. The van der Waals surface area contributed by atoms with Crippen molar-refractivity contribution in [3.63, 3.8) is 0 Å². The third-order valence-corrected chi connectivity index (χ3v) is 6.63. The lowest BCUT2D eigenvalue weighted by atomic mass is 10.0. The van der Waals surface area contributed by atoms with Gasteiger partial charge in [0.05, 0.1) is 31.6 Å². The van der Waals surface area contributed by atoms with Crippen LogP contribution in [0.5, 0.6) is 11.5 Å². The van der Waals surface area contributed by atoms with Gasteiger partial charge in [-0.2, -0.15) is 0 Å². The van der Waals surface area contributed by atoms with E-state index >= 15 is 0 Å². The van der Waals surface area contributed by atoms with Crippen LogP contribution in [0.4, 0.5) is 5.69 Å². The van der Waals surface area contributed by atoms with E-state index in [9.17, 15) is 0 Å². The Morgan fingerprint density at radius 3 is 2.53 bits per heavy atom. The average Bonchev–Trinajstić information content (AvgIpc) is 3.49. The van der Waals surface area contributed by atoms with E-state index in [1.165, 1.54) is 0 Å². The van der Waals surface area contributed by atoms with Crippen LogP contribution >= 0.6 is 28.1 Å². The Bertz CT molecular complexity index is 1310. The molecule has 2 atom stereocenters. The van der Waals surface area contributed by atoms with Crippen molar-refractivity contribution in [3.05, 3.63) is 94.9 Å². The number of hydrogen-bond acceptors (Lipinski definition) is 5. The summed E-state index contributed by atoms with van der Waals surface area (Å²) in [5.41, 5.74) is 2.67. The number of methoxy groups -OCH3 is 2. The maximum Gasteiger partial charge on any atom is 0.174 e. The van der Waals surface area contributed by atoms with Crippen molar-refractivity contribution in [2.24, 2.45) is 0 Å². The van der Waals surface area contributed by atoms with Gasteiger partial charge in [-0.15, -0.1) is 0 Å². The smallest absolute Gasteiger partial charge is 0.174 e. The second-order valence-corrected chi connectivity index (χ2v) is 9.05. The lowest BCUT2D eigenvalue weighted by molar-refractivity contribution is 0.392. The molecule has 1 N–H and O–H groups in total. The van der Waals surface area contributed by atoms with Gasteiger partial charge >= 0.3 is 0 Å². The van der Waals surface area contributed by atoms with Gasteiger partial charge in [0.25, 0.3) is 0 Å². The summed E-state index contributed by atoms with van der Waals surface area (Å²) in [6, 6.07) is 23.0. The molecule has 0 aliphatic carbocycles. The zero-order valence-electron chi connectivity index (χ0n) is 18.6. The van der Waals surface area contributed by atoms with Gasteiger partial charge < -0.3 is 24.1 Å². The first kappa shape index (κ1) is 22.4. The normalized spacial score (nSPS) is 17.5. The van der Waals surface area contributed by atoms with Crippen molar-refractivity contribution in [2.75, 3.05) is 19.1 Å². The van der Waals surface area contributed by atoms with Crippen molar-refractivity contribution in [1.29, 1.82) is 0 Å². The third-order valence-electron chi connectivity index (χ3n) is 5.79. The lowest BCUT2D eigenvalue weighted by Crippen LogP contribution is -2.29. The van der Waals surface area contributed by atoms with Crippen LogP contribution in [0.15, 0.2) is 87.9 Å². The predicted molar refractivity (Wildman–Crippen MR) is 139 cm³/mol. The van der Waals surface area contributed by atoms with Gasteiger partial charge in [-0.05, 0) is 60.7 Å². The molecule has 2 aromatic carbocycles. The summed E-state index contributed by atoms with van der Waals surface area (Å²) in [5, 5.41) is 4.01. The first-order chi connectivity index (χ1) is 16.6. The molecule has 0 unspecified atom stereocenters. The Morgan fingerprint density at radius 2 is 1.82 bits per heavy atom. The number of rotatable bonds is 6. The minimum Gasteiger partial charge on any atom is -0.497 e. The number of anilines is 1. The molecule has 6 nitrogen and oxygen atoms in total. The molecule has 1 aliphatic rings. The summed E-state index contributed by atoms with van der Waals surface area (Å²) >= 11 is 9.30. The molecule has 0 spiro atoms. The Kier molecular flexibility index (Phi) is 6.26. The van der Waals surface area contributed by atoms with Crippen LogP contribution in [0.1, 0.15) is 23.5 Å². The van der Waals surface area contributed by atoms with E-state index in [0.29, 0.717) is 16.6 Å². The molecule has 1 aliphatic heterocycles. The average molecular weight is 536 g/mol. The molecule has 4 aromatic rings. The highest BCUT2D eigenvalue weighted by Crippen LogP contribution is 2.46. The van der Waals surface area contributed by atoms with E-state index in [4.69, 9.17) is 26.1 Å². The molecule has 3 heterocycles. The van der Waals surface area contributed by atoms with Crippen molar-refractivity contribution < 1.29 is 13.9 Å². The molecular formula is C26H22BrN3O3S. The van der Waals surface area contributed by atoms with E-state index in [-0.39, 0.29) is 12.1 Å². The van der Waals surface area contributed by atoms with Gasteiger partial charge in [-0.25, -0.2) is 0 Å². The summed E-state index contributed by atoms with van der Waals surface area (Å²) in [4.78, 5) is 6.62. The SMILES string of the molecule is COc1ccc(N2C(=S)N[C@H](c3ccccn3)[C@@H]2c2ccc(-c3ccc(Br)cc3)o2)c(OC)c1. The highest BCUT2D eigenvalue weighted by molar-refractivity contribution is 9.10. The summed E-state index contributed by atoms with van der Waals surface area (Å²) in [6.45, 7) is 0. The second-order valence-electron chi connectivity index (χ2n) is 7.74. The molecule has 8 heteroatoms. The number of thiocarbonyl (C=S) groups is 1. The molecule has 0 saturated carbocycles. The Morgan fingerprint density at radius 1 is 1.00 bits per heavy atom. The zero-order valence-corrected chi connectivity index (χ0v) is 21.0. The molecular weight excluding hydrogens is 514 g/mol. The van der Waals surface area contributed by atoms with Crippen LogP contribution in [0.3, 0.4) is 0 Å². The fourth-order valence-corrected chi connectivity index (χ4v) is 4.77. The fraction of sp³-hybridized carbons (Fsp3) is 0.154. The number of ether oxygens (including phenoxy) is 2. The Balaban J connectivity index is 1.62. The highest BCUT2D eigenvalue weighted by atomic mass is 79.9. The fourth-order valence-electron chi connectivity index (χ4n) is 4.17. The summed E-state index contributed by atoms with van der Waals surface area (Å²) in [6.07, 6.45) is 1.78. The highest BCUT2D eigenvalue weighted by Gasteiger charge is 2.43. The van der Waals surface area contributed by atoms with Gasteiger partial charge in [-0.3, -0.25) is 4.98 Å². The molecule has 0 amide bonds. The van der Waals surface area contributed by atoms with E-state index in [1.807, 2.05) is 77.7 Å². The molecule has 5 rings (SSSR count). The van der Waals surface area contributed by atoms with Gasteiger partial charge in [0.2, 0.25) is 0 Å². The quantitative estimate of drug-likeness (QED) is 0.290. The molecule has 0 bridgehead atoms. The summed E-state index contributed by atoms with van der Waals surface area (Å²) in [5.74, 6) is 2.89. The second kappa shape index (κ2) is 9.48. The molecule has 1 fully saturated rings. The topological polar surface area (TPSA) is 59.8 Å². The predicted octanol–water partition coefficient (Wildman–Crippen LogP) is 6.30. The number of nitrogens with zero attached hydrogens (tertiary/aromatic N) is 2. The standard InChI is InChI=1S/C26H22BrN3O3S/c1-31-18-10-11-20(23(15-18)32-2)30-25(24(29-26(30)34)19-5-3-4-14-28-19)22-13-12-21(33-22)16-6-8-17(27)9-7-16/h3-15,24-25H,1-2H3,(H,29,34)/t24-,25+/m1/s1. The van der Waals surface area contributed by atoms with Gasteiger partial charge in [0.15, 0.2) is 5.11 Å². The maximum atomic E-state index is 6.41. The third kappa shape index (κ3) is 4.15. The zero-order chi connectivity index (χ0) is 23.7. The van der Waals surface area contributed by atoms with Crippen LogP contribution < -0.4 is 19.7 Å². The largest absolute Gasteiger partial charge is 0.497 e. The van der Waals surface area contributed by atoms with Crippen LogP contribution in [0, 0.1) is 0 Å². The van der Waals surface area contributed by atoms with Gasteiger partial charge in [0, 0.05) is 22.3 Å². The van der Waals surface area contributed by atoms with Crippen molar-refractivity contribution in [1.82, 2.24) is 10.3 Å². The van der Waals surface area contributed by atoms with Crippen molar-refractivity contribution >= 4 is 38.9 Å². The molecule has 172 valence electrons. The number of nitrogens with one attached hydrogen (secondary N) is 1. The van der Waals surface area contributed by atoms with E-state index < -0.39 is 0 Å². The number of benzene rings is 2. The number of furan rings is 1. The van der Waals surface area contributed by atoms with Crippen LogP contribution in [0.25, 0.3) is 11.3 Å². The van der Waals surface area contributed by atoms with E-state index in [0.717, 1.165) is 32.9 Å². The van der Waals surface area contributed by atoms with Crippen LogP contribution in [-0.2, 0) is 0 Å². The van der Waals surface area contributed by atoms with Crippen molar-refractivity contribution in [3.8, 4) is 22.8 Å². The molecule has 34 heavy (non-hydrogen) atoms. The summed E-state index contributed by atoms with van der Waals surface area (Å²) < 4.78 is 18.5. The molecule has 1 saturated heterocycles. The number of halogens is 1. The Labute approximate surface area is 211 Å². The maximum absolute atomic E-state index is 6.41. The Hall–Kier alpha value is -3.36. The number of aromatic nitrogens is 1. The minimum absolute atomic E-state index is 0.218. The van der Waals surface area contributed by atoms with Gasteiger partial charge in [0.1, 0.15) is 29.1 Å². The van der Waals surface area contributed by atoms with E-state index in [2.05, 4.69) is 26.2 Å². The molecule has 2 aromatic heterocycles. The molecule has 0 radical (unpaired) electrons. The van der Waals surface area contributed by atoms with Gasteiger partial charge in [-0.1, -0.05) is 34.1 Å². The van der Waals surface area contributed by atoms with Crippen LogP contribution in [-0.4, -0.2) is 24.3 Å². The minimum atomic E-state index is -0.283. The van der Waals surface area contributed by atoms with Crippen molar-refractivity contribution in [2.45, 2.75) is 12.1 Å². The van der Waals surface area contributed by atoms with E-state index in [1.54, 1.807) is 20.4 Å². The monoisotopic (exact) mass is 535 g/mol.